The van der Waals surface area contributed by atoms with Crippen molar-refractivity contribution in [2.45, 2.75) is 19.4 Å². The van der Waals surface area contributed by atoms with Crippen LogP contribution in [0.1, 0.15) is 13.3 Å². The van der Waals surface area contributed by atoms with Crippen LogP contribution in [0.2, 0.25) is 0 Å². The molecule has 0 saturated carbocycles. The zero-order chi connectivity index (χ0) is 9.31. The number of hydrogen-bond donors (Lipinski definition) is 2. The molecule has 1 unspecified atom stereocenters. The summed E-state index contributed by atoms with van der Waals surface area (Å²) in [6, 6.07) is 0.789. The van der Waals surface area contributed by atoms with E-state index in [1.807, 2.05) is 0 Å². The van der Waals surface area contributed by atoms with Gasteiger partial charge in [-0.3, -0.25) is 0 Å². The quantitative estimate of drug-likeness (QED) is 0.716. The van der Waals surface area contributed by atoms with E-state index < -0.39 is 0 Å². The molecular formula is C10H22ClN3. The summed E-state index contributed by atoms with van der Waals surface area (Å²) < 4.78 is 0. The average molecular weight is 220 g/mol. The highest BCUT2D eigenvalue weighted by Crippen LogP contribution is 2.26. The molecular weight excluding hydrogens is 198 g/mol. The average Bonchev–Trinajstić information content (AvgIpc) is 2.31. The van der Waals surface area contributed by atoms with Gasteiger partial charge in [-0.1, -0.05) is 6.92 Å². The van der Waals surface area contributed by atoms with Gasteiger partial charge in [0.2, 0.25) is 0 Å². The molecule has 0 bridgehead atoms. The van der Waals surface area contributed by atoms with Crippen LogP contribution in [0.5, 0.6) is 0 Å². The molecule has 2 heterocycles. The second-order valence-electron chi connectivity index (χ2n) is 4.96. The van der Waals surface area contributed by atoms with Crippen molar-refractivity contribution in [1.82, 2.24) is 15.5 Å². The first-order chi connectivity index (χ1) is 6.20. The van der Waals surface area contributed by atoms with Gasteiger partial charge >= 0.3 is 0 Å². The zero-order valence-electron chi connectivity index (χ0n) is 9.18. The first kappa shape index (κ1) is 12.2. The van der Waals surface area contributed by atoms with E-state index in [1.165, 1.54) is 39.1 Å². The molecule has 0 aliphatic carbocycles. The van der Waals surface area contributed by atoms with Crippen LogP contribution >= 0.6 is 12.4 Å². The molecule has 14 heavy (non-hydrogen) atoms. The standard InChI is InChI=1S/C10H21N3.ClH/c1-10(3-4-11-7-10)8-13(2)9-5-12-6-9;/h9,11-12H,3-8H2,1-2H3;1H. The van der Waals surface area contributed by atoms with Crippen LogP contribution in [0.4, 0.5) is 0 Å². The Hall–Kier alpha value is 0.170. The van der Waals surface area contributed by atoms with Gasteiger partial charge in [0.05, 0.1) is 0 Å². The van der Waals surface area contributed by atoms with Gasteiger partial charge in [-0.05, 0) is 25.4 Å². The molecule has 2 saturated heterocycles. The van der Waals surface area contributed by atoms with Gasteiger partial charge in [-0.2, -0.15) is 0 Å². The fraction of sp³-hybridized carbons (Fsp3) is 1.00. The van der Waals surface area contributed by atoms with Crippen molar-refractivity contribution in [3.8, 4) is 0 Å². The van der Waals surface area contributed by atoms with Crippen molar-refractivity contribution >= 4 is 12.4 Å². The smallest absolute Gasteiger partial charge is 0.0342 e. The maximum atomic E-state index is 3.45. The van der Waals surface area contributed by atoms with E-state index in [2.05, 4.69) is 29.5 Å². The normalized spacial score (nSPS) is 32.8. The SMILES string of the molecule is CN(CC1(C)CCNC1)C1CNC1.Cl. The maximum Gasteiger partial charge on any atom is 0.0342 e. The Labute approximate surface area is 93.0 Å². The molecule has 0 aromatic heterocycles. The summed E-state index contributed by atoms with van der Waals surface area (Å²) in [6.07, 6.45) is 1.33. The lowest BCUT2D eigenvalue weighted by Gasteiger charge is -2.39. The van der Waals surface area contributed by atoms with E-state index >= 15 is 0 Å². The molecule has 0 radical (unpaired) electrons. The molecule has 84 valence electrons. The lowest BCUT2D eigenvalue weighted by molar-refractivity contribution is 0.124. The fourth-order valence-electron chi connectivity index (χ4n) is 2.32. The third-order valence-corrected chi connectivity index (χ3v) is 3.47. The molecule has 0 spiro atoms. The minimum absolute atomic E-state index is 0. The minimum atomic E-state index is 0. The Balaban J connectivity index is 0.000000980. The van der Waals surface area contributed by atoms with E-state index in [4.69, 9.17) is 0 Å². The fourth-order valence-corrected chi connectivity index (χ4v) is 2.32. The summed E-state index contributed by atoms with van der Waals surface area (Å²) in [5.74, 6) is 0. The van der Waals surface area contributed by atoms with Gasteiger partial charge in [0, 0.05) is 32.2 Å². The first-order valence-corrected chi connectivity index (χ1v) is 5.31. The van der Waals surface area contributed by atoms with Gasteiger partial charge in [0.25, 0.3) is 0 Å². The first-order valence-electron chi connectivity index (χ1n) is 5.31. The topological polar surface area (TPSA) is 27.3 Å². The number of nitrogens with zero attached hydrogens (tertiary/aromatic N) is 1. The highest BCUT2D eigenvalue weighted by molar-refractivity contribution is 5.85. The molecule has 0 aromatic carbocycles. The van der Waals surface area contributed by atoms with Crippen molar-refractivity contribution in [2.24, 2.45) is 5.41 Å². The number of halogens is 1. The van der Waals surface area contributed by atoms with Crippen molar-refractivity contribution in [1.29, 1.82) is 0 Å². The Bertz CT molecular complexity index is 176. The third-order valence-electron chi connectivity index (χ3n) is 3.47. The van der Waals surface area contributed by atoms with Crippen LogP contribution < -0.4 is 10.6 Å². The molecule has 2 fully saturated rings. The van der Waals surface area contributed by atoms with Gasteiger partial charge < -0.3 is 15.5 Å². The summed E-state index contributed by atoms with van der Waals surface area (Å²) in [6.45, 7) is 8.40. The van der Waals surface area contributed by atoms with Crippen LogP contribution in [0, 0.1) is 5.41 Å². The summed E-state index contributed by atoms with van der Waals surface area (Å²) in [4.78, 5) is 2.52. The number of rotatable bonds is 3. The van der Waals surface area contributed by atoms with Gasteiger partial charge in [-0.25, -0.2) is 0 Å². The maximum absolute atomic E-state index is 3.45. The van der Waals surface area contributed by atoms with E-state index in [1.54, 1.807) is 0 Å². The van der Waals surface area contributed by atoms with Gasteiger partial charge in [0.15, 0.2) is 0 Å². The van der Waals surface area contributed by atoms with Crippen LogP contribution in [-0.2, 0) is 0 Å². The van der Waals surface area contributed by atoms with Crippen molar-refractivity contribution in [3.63, 3.8) is 0 Å². The summed E-state index contributed by atoms with van der Waals surface area (Å²) in [5, 5.41) is 6.77. The molecule has 2 aliphatic rings. The second-order valence-corrected chi connectivity index (χ2v) is 4.96. The van der Waals surface area contributed by atoms with Crippen molar-refractivity contribution in [3.05, 3.63) is 0 Å². The number of hydrogen-bond acceptors (Lipinski definition) is 3. The minimum Gasteiger partial charge on any atom is -0.316 e. The van der Waals surface area contributed by atoms with Crippen molar-refractivity contribution in [2.75, 3.05) is 39.8 Å². The molecule has 0 amide bonds. The summed E-state index contributed by atoms with van der Waals surface area (Å²) in [7, 11) is 2.26. The molecule has 2 aliphatic heterocycles. The van der Waals surface area contributed by atoms with Crippen LogP contribution in [-0.4, -0.2) is 50.7 Å². The molecule has 0 aromatic rings. The molecule has 4 heteroatoms. The Morgan fingerprint density at radius 2 is 2.07 bits per heavy atom. The Morgan fingerprint density at radius 3 is 2.50 bits per heavy atom. The monoisotopic (exact) mass is 219 g/mol. The summed E-state index contributed by atoms with van der Waals surface area (Å²) >= 11 is 0. The molecule has 1 atom stereocenters. The highest BCUT2D eigenvalue weighted by Gasteiger charge is 2.32. The van der Waals surface area contributed by atoms with Crippen LogP contribution in [0.3, 0.4) is 0 Å². The van der Waals surface area contributed by atoms with Crippen LogP contribution in [0.25, 0.3) is 0 Å². The highest BCUT2D eigenvalue weighted by atomic mass is 35.5. The largest absolute Gasteiger partial charge is 0.316 e. The van der Waals surface area contributed by atoms with Gasteiger partial charge in [-0.15, -0.1) is 12.4 Å². The second kappa shape index (κ2) is 4.79. The predicted octanol–water partition coefficient (Wildman–Crippen LogP) is 0.311. The van der Waals surface area contributed by atoms with E-state index in [9.17, 15) is 0 Å². The third kappa shape index (κ3) is 2.60. The van der Waals surface area contributed by atoms with Crippen LogP contribution in [0.15, 0.2) is 0 Å². The van der Waals surface area contributed by atoms with Crippen molar-refractivity contribution < 1.29 is 0 Å². The Kier molecular flexibility index (Phi) is 4.19. The number of likely N-dealkylation sites (N-methyl/N-ethyl adjacent to an activating group) is 1. The number of nitrogens with one attached hydrogen (secondary N) is 2. The van der Waals surface area contributed by atoms with Gasteiger partial charge in [0.1, 0.15) is 0 Å². The van der Waals surface area contributed by atoms with E-state index in [-0.39, 0.29) is 12.4 Å². The predicted molar refractivity (Wildman–Crippen MR) is 62.1 cm³/mol. The molecule has 2 rings (SSSR count). The molecule has 3 nitrogen and oxygen atoms in total. The summed E-state index contributed by atoms with van der Waals surface area (Å²) in [5.41, 5.74) is 0.518. The lowest BCUT2D eigenvalue weighted by atomic mass is 9.88. The zero-order valence-corrected chi connectivity index (χ0v) is 9.99. The van der Waals surface area contributed by atoms with E-state index in [0.29, 0.717) is 5.41 Å². The van der Waals surface area contributed by atoms with E-state index in [0.717, 1.165) is 6.04 Å². The lowest BCUT2D eigenvalue weighted by Crippen LogP contribution is -2.57. The molecule has 2 N–H and O–H groups in total. The Morgan fingerprint density at radius 1 is 1.36 bits per heavy atom.